The normalized spacial score (nSPS) is 21.0. The highest BCUT2D eigenvalue weighted by Gasteiger charge is 2.23. The van der Waals surface area contributed by atoms with Crippen LogP contribution in [0.1, 0.15) is 6.42 Å². The summed E-state index contributed by atoms with van der Waals surface area (Å²) in [6, 6.07) is -0.0778. The molecule has 16 heavy (non-hydrogen) atoms. The molecule has 0 amide bonds. The van der Waals surface area contributed by atoms with Gasteiger partial charge in [-0.05, 0) is 0 Å². The number of carbonyl (C=O) groups is 1. The van der Waals surface area contributed by atoms with Gasteiger partial charge in [-0.3, -0.25) is 4.79 Å². The van der Waals surface area contributed by atoms with Crippen molar-refractivity contribution in [1.82, 2.24) is 20.5 Å². The predicted molar refractivity (Wildman–Crippen MR) is 57.1 cm³/mol. The Morgan fingerprint density at radius 2 is 2.50 bits per heavy atom. The molecule has 8 nitrogen and oxygen atoms in total. The van der Waals surface area contributed by atoms with Gasteiger partial charge in [0.15, 0.2) is 0 Å². The summed E-state index contributed by atoms with van der Waals surface area (Å²) in [6.07, 6.45) is 0.0937. The topological polar surface area (TPSA) is 120 Å². The second-order valence-electron chi connectivity index (χ2n) is 3.72. The Balaban J connectivity index is 1.99. The quantitative estimate of drug-likeness (QED) is 0.502. The third-order valence-electron chi connectivity index (χ3n) is 2.45. The van der Waals surface area contributed by atoms with Gasteiger partial charge in [0, 0.05) is 25.7 Å². The van der Waals surface area contributed by atoms with E-state index in [1.165, 1.54) is 0 Å². The molecule has 0 saturated carbocycles. The van der Waals surface area contributed by atoms with E-state index < -0.39 is 5.97 Å². The Morgan fingerprint density at radius 3 is 3.12 bits per heavy atom. The molecule has 1 aliphatic rings. The van der Waals surface area contributed by atoms with Crippen LogP contribution in [0.3, 0.4) is 0 Å². The van der Waals surface area contributed by atoms with Crippen LogP contribution < -0.4 is 16.0 Å². The first-order chi connectivity index (χ1) is 7.65. The Bertz CT molecular complexity index is 378. The van der Waals surface area contributed by atoms with E-state index in [0.29, 0.717) is 19.0 Å². The third-order valence-corrected chi connectivity index (χ3v) is 2.45. The minimum Gasteiger partial charge on any atom is -0.481 e. The van der Waals surface area contributed by atoms with Crippen molar-refractivity contribution in [2.24, 2.45) is 0 Å². The number of nitrogen functional groups attached to an aromatic ring is 1. The number of carboxylic acids is 1. The van der Waals surface area contributed by atoms with Crippen LogP contribution in [0.15, 0.2) is 0 Å². The van der Waals surface area contributed by atoms with Gasteiger partial charge >= 0.3 is 5.97 Å². The number of nitrogens with zero attached hydrogens (tertiary/aromatic N) is 3. The number of aromatic nitrogens is 3. The van der Waals surface area contributed by atoms with Crippen molar-refractivity contribution in [3.8, 4) is 0 Å². The molecule has 0 aromatic carbocycles. The van der Waals surface area contributed by atoms with Gasteiger partial charge in [-0.1, -0.05) is 0 Å². The molecule has 0 spiro atoms. The number of aromatic amines is 1. The minimum absolute atomic E-state index is 0.0778. The second-order valence-corrected chi connectivity index (χ2v) is 3.72. The largest absolute Gasteiger partial charge is 0.481 e. The zero-order valence-electron chi connectivity index (χ0n) is 8.68. The number of piperazine rings is 1. The first-order valence-corrected chi connectivity index (χ1v) is 5.03. The fourth-order valence-corrected chi connectivity index (χ4v) is 1.76. The predicted octanol–water partition coefficient (Wildman–Crippen LogP) is -1.36. The van der Waals surface area contributed by atoms with E-state index in [-0.39, 0.29) is 18.4 Å². The number of rotatable bonds is 3. The van der Waals surface area contributed by atoms with Gasteiger partial charge < -0.3 is 21.1 Å². The highest BCUT2D eigenvalue weighted by molar-refractivity contribution is 5.67. The molecule has 1 atom stereocenters. The SMILES string of the molecule is Nc1nc(N2CCNC(CC(=O)O)C2)n[nH]1. The fraction of sp³-hybridized carbons (Fsp3) is 0.625. The Labute approximate surface area is 91.8 Å². The monoisotopic (exact) mass is 226 g/mol. The van der Waals surface area contributed by atoms with Crippen molar-refractivity contribution in [1.29, 1.82) is 0 Å². The first kappa shape index (κ1) is 10.7. The maximum atomic E-state index is 10.6. The van der Waals surface area contributed by atoms with Crippen LogP contribution in [-0.2, 0) is 4.79 Å². The van der Waals surface area contributed by atoms with Crippen molar-refractivity contribution in [2.45, 2.75) is 12.5 Å². The molecule has 1 unspecified atom stereocenters. The third kappa shape index (κ3) is 2.40. The molecule has 2 heterocycles. The van der Waals surface area contributed by atoms with Crippen molar-refractivity contribution < 1.29 is 9.90 Å². The average Bonchev–Trinajstić information content (AvgIpc) is 2.64. The molecule has 1 saturated heterocycles. The standard InChI is InChI=1S/C8H14N6O2/c9-7-11-8(13-12-7)14-2-1-10-5(4-14)3-6(15)16/h5,10H,1-4H2,(H,15,16)(H3,9,11,12,13). The van der Waals surface area contributed by atoms with Crippen LogP contribution in [0.25, 0.3) is 0 Å². The highest BCUT2D eigenvalue weighted by Crippen LogP contribution is 2.11. The van der Waals surface area contributed by atoms with E-state index >= 15 is 0 Å². The summed E-state index contributed by atoms with van der Waals surface area (Å²) in [5.74, 6) is -0.0217. The number of aliphatic carboxylic acids is 1. The summed E-state index contributed by atoms with van der Waals surface area (Å²) in [5.41, 5.74) is 5.44. The molecule has 5 N–H and O–H groups in total. The Hall–Kier alpha value is -1.83. The van der Waals surface area contributed by atoms with Gasteiger partial charge in [-0.15, -0.1) is 5.10 Å². The summed E-state index contributed by atoms with van der Waals surface area (Å²) in [4.78, 5) is 16.5. The van der Waals surface area contributed by atoms with E-state index in [0.717, 1.165) is 6.54 Å². The molecule has 0 aliphatic carbocycles. The molecule has 1 aliphatic heterocycles. The Morgan fingerprint density at radius 1 is 1.69 bits per heavy atom. The maximum absolute atomic E-state index is 10.6. The van der Waals surface area contributed by atoms with Crippen LogP contribution in [0.5, 0.6) is 0 Å². The number of nitrogens with one attached hydrogen (secondary N) is 2. The van der Waals surface area contributed by atoms with Crippen LogP contribution >= 0.6 is 0 Å². The summed E-state index contributed by atoms with van der Waals surface area (Å²) < 4.78 is 0. The lowest BCUT2D eigenvalue weighted by atomic mass is 10.1. The Kier molecular flexibility index (Phi) is 2.91. The van der Waals surface area contributed by atoms with Gasteiger partial charge in [0.25, 0.3) is 0 Å². The lowest BCUT2D eigenvalue weighted by Gasteiger charge is -2.32. The summed E-state index contributed by atoms with van der Waals surface area (Å²) >= 11 is 0. The van der Waals surface area contributed by atoms with Crippen LogP contribution in [-0.4, -0.2) is 51.9 Å². The minimum atomic E-state index is -0.811. The van der Waals surface area contributed by atoms with Crippen molar-refractivity contribution in [3.05, 3.63) is 0 Å². The van der Waals surface area contributed by atoms with E-state index in [4.69, 9.17) is 10.8 Å². The van der Waals surface area contributed by atoms with Crippen LogP contribution in [0.2, 0.25) is 0 Å². The molecule has 2 rings (SSSR count). The number of H-pyrrole nitrogens is 1. The van der Waals surface area contributed by atoms with Gasteiger partial charge in [-0.2, -0.15) is 4.98 Å². The number of hydrogen-bond acceptors (Lipinski definition) is 6. The van der Waals surface area contributed by atoms with Gasteiger partial charge in [-0.25, -0.2) is 5.10 Å². The van der Waals surface area contributed by atoms with Crippen LogP contribution in [0.4, 0.5) is 11.9 Å². The van der Waals surface area contributed by atoms with Gasteiger partial charge in [0.2, 0.25) is 11.9 Å². The smallest absolute Gasteiger partial charge is 0.304 e. The maximum Gasteiger partial charge on any atom is 0.304 e. The highest BCUT2D eigenvalue weighted by atomic mass is 16.4. The van der Waals surface area contributed by atoms with Crippen LogP contribution in [0, 0.1) is 0 Å². The van der Waals surface area contributed by atoms with Gasteiger partial charge in [0.05, 0.1) is 6.42 Å². The number of nitrogens with two attached hydrogens (primary N) is 1. The van der Waals surface area contributed by atoms with Crippen molar-refractivity contribution in [3.63, 3.8) is 0 Å². The van der Waals surface area contributed by atoms with E-state index in [2.05, 4.69) is 20.5 Å². The fourth-order valence-electron chi connectivity index (χ4n) is 1.76. The average molecular weight is 226 g/mol. The van der Waals surface area contributed by atoms with E-state index in [9.17, 15) is 4.79 Å². The summed E-state index contributed by atoms with van der Waals surface area (Å²) in [7, 11) is 0. The summed E-state index contributed by atoms with van der Waals surface area (Å²) in [6.45, 7) is 2.03. The molecule has 1 aromatic heterocycles. The molecule has 1 fully saturated rings. The second kappa shape index (κ2) is 4.35. The molecule has 8 heteroatoms. The van der Waals surface area contributed by atoms with E-state index in [1.54, 1.807) is 0 Å². The number of carboxylic acid groups (broad SMARTS) is 1. The molecular formula is C8H14N6O2. The zero-order chi connectivity index (χ0) is 11.5. The number of anilines is 2. The molecular weight excluding hydrogens is 212 g/mol. The molecule has 1 aromatic rings. The van der Waals surface area contributed by atoms with Gasteiger partial charge in [0.1, 0.15) is 0 Å². The van der Waals surface area contributed by atoms with E-state index in [1.807, 2.05) is 4.90 Å². The lowest BCUT2D eigenvalue weighted by molar-refractivity contribution is -0.137. The molecule has 0 bridgehead atoms. The molecule has 88 valence electrons. The zero-order valence-corrected chi connectivity index (χ0v) is 8.68. The summed E-state index contributed by atoms with van der Waals surface area (Å²) in [5, 5.41) is 18.4. The number of hydrogen-bond donors (Lipinski definition) is 4. The molecule has 0 radical (unpaired) electrons. The van der Waals surface area contributed by atoms with Crippen molar-refractivity contribution >= 4 is 17.9 Å². The lowest BCUT2D eigenvalue weighted by Crippen LogP contribution is -2.51. The van der Waals surface area contributed by atoms with Crippen molar-refractivity contribution in [2.75, 3.05) is 30.3 Å². The first-order valence-electron chi connectivity index (χ1n) is 5.03.